The van der Waals surface area contributed by atoms with Gasteiger partial charge in [-0.05, 0) is 56.1 Å². The zero-order valence-electron chi connectivity index (χ0n) is 13.4. The third-order valence-electron chi connectivity index (χ3n) is 5.63. The zero-order chi connectivity index (χ0) is 15.8. The van der Waals surface area contributed by atoms with Crippen molar-refractivity contribution in [2.75, 3.05) is 18.0 Å². The lowest BCUT2D eigenvalue weighted by atomic mass is 9.79. The van der Waals surface area contributed by atoms with E-state index in [-0.39, 0.29) is 12.1 Å². The maximum atomic E-state index is 11.5. The molecule has 0 spiro atoms. The molecule has 2 aliphatic heterocycles. The number of rotatable bonds is 2. The molecule has 1 aromatic carbocycles. The van der Waals surface area contributed by atoms with Crippen LogP contribution in [0, 0.1) is 0 Å². The predicted molar refractivity (Wildman–Crippen MR) is 93.4 cm³/mol. The van der Waals surface area contributed by atoms with Crippen LogP contribution in [0.5, 0.6) is 0 Å². The highest BCUT2D eigenvalue weighted by Crippen LogP contribution is 2.41. The molecular weight excluding hydrogens is 310 g/mol. The Morgan fingerprint density at radius 3 is 2.65 bits per heavy atom. The van der Waals surface area contributed by atoms with Gasteiger partial charge in [-0.15, -0.1) is 0 Å². The molecular formula is C18H24ClN3O. The number of anilines is 1. The Labute approximate surface area is 142 Å². The number of nitrogens with zero attached hydrogens (tertiary/aromatic N) is 1. The topological polar surface area (TPSA) is 44.4 Å². The first-order valence-corrected chi connectivity index (χ1v) is 9.20. The summed E-state index contributed by atoms with van der Waals surface area (Å²) in [6, 6.07) is 6.99. The Hall–Kier alpha value is -1.42. The normalized spacial score (nSPS) is 30.6. The van der Waals surface area contributed by atoms with Gasteiger partial charge in [0.1, 0.15) is 0 Å². The first kappa shape index (κ1) is 15.1. The van der Waals surface area contributed by atoms with Gasteiger partial charge in [0.15, 0.2) is 0 Å². The average molecular weight is 334 g/mol. The van der Waals surface area contributed by atoms with Crippen LogP contribution in [0.1, 0.15) is 50.0 Å². The molecule has 4 nitrogen and oxygen atoms in total. The highest BCUT2D eigenvalue weighted by atomic mass is 35.5. The number of hydrogen-bond acceptors (Lipinski definition) is 2. The molecule has 1 aliphatic carbocycles. The minimum absolute atomic E-state index is 0.0196. The summed E-state index contributed by atoms with van der Waals surface area (Å²) in [5, 5.41) is 6.99. The first-order chi connectivity index (χ1) is 11.2. The van der Waals surface area contributed by atoms with Crippen LogP contribution < -0.4 is 15.5 Å². The summed E-state index contributed by atoms with van der Waals surface area (Å²) < 4.78 is 0. The van der Waals surface area contributed by atoms with Crippen molar-refractivity contribution in [3.63, 3.8) is 0 Å². The number of piperidine rings is 1. The van der Waals surface area contributed by atoms with Crippen LogP contribution in [0.15, 0.2) is 18.2 Å². The zero-order valence-corrected chi connectivity index (χ0v) is 14.1. The molecule has 2 N–H and O–H groups in total. The number of halogens is 1. The molecule has 0 aromatic heterocycles. The summed E-state index contributed by atoms with van der Waals surface area (Å²) in [5.74, 6) is 0.439. The summed E-state index contributed by atoms with van der Waals surface area (Å²) in [6.45, 7) is 2.22. The van der Waals surface area contributed by atoms with Gasteiger partial charge >= 0.3 is 6.03 Å². The third kappa shape index (κ3) is 2.89. The van der Waals surface area contributed by atoms with Crippen molar-refractivity contribution < 1.29 is 4.79 Å². The number of hydrogen-bond donors (Lipinski definition) is 2. The molecule has 3 unspecified atom stereocenters. The maximum Gasteiger partial charge on any atom is 0.315 e. The molecule has 0 bridgehead atoms. The summed E-state index contributed by atoms with van der Waals surface area (Å²) in [5.41, 5.74) is 2.45. The number of carbonyl (C=O) groups is 1. The van der Waals surface area contributed by atoms with Crippen molar-refractivity contribution in [2.45, 2.75) is 56.5 Å². The van der Waals surface area contributed by atoms with E-state index in [0.29, 0.717) is 12.0 Å². The Morgan fingerprint density at radius 2 is 1.83 bits per heavy atom. The molecule has 3 atom stereocenters. The minimum atomic E-state index is -0.0196. The monoisotopic (exact) mass is 333 g/mol. The number of amides is 2. The number of nitrogens with one attached hydrogen (secondary N) is 2. The molecule has 124 valence electrons. The Bertz CT molecular complexity index is 600. The van der Waals surface area contributed by atoms with Gasteiger partial charge in [0.05, 0.1) is 22.8 Å². The van der Waals surface area contributed by atoms with E-state index in [0.717, 1.165) is 37.4 Å². The molecule has 23 heavy (non-hydrogen) atoms. The molecule has 3 aliphatic rings. The quantitative estimate of drug-likeness (QED) is 0.867. The summed E-state index contributed by atoms with van der Waals surface area (Å²) in [6.07, 6.45) is 6.93. The van der Waals surface area contributed by atoms with Gasteiger partial charge in [-0.2, -0.15) is 0 Å². The summed E-state index contributed by atoms with van der Waals surface area (Å²) >= 11 is 6.80. The third-order valence-corrected chi connectivity index (χ3v) is 6.04. The van der Waals surface area contributed by atoms with Crippen molar-refractivity contribution in [1.29, 1.82) is 0 Å². The molecule has 1 aromatic rings. The van der Waals surface area contributed by atoms with Crippen LogP contribution in [0.25, 0.3) is 0 Å². The second kappa shape index (κ2) is 6.23. The van der Waals surface area contributed by atoms with E-state index in [1.807, 2.05) is 0 Å². The molecule has 1 saturated carbocycles. The fourth-order valence-corrected chi connectivity index (χ4v) is 4.80. The highest BCUT2D eigenvalue weighted by Gasteiger charge is 2.38. The van der Waals surface area contributed by atoms with E-state index in [4.69, 9.17) is 11.6 Å². The van der Waals surface area contributed by atoms with Gasteiger partial charge in [0, 0.05) is 13.1 Å². The van der Waals surface area contributed by atoms with Crippen LogP contribution in [0.3, 0.4) is 0 Å². The number of fused-ring (bicyclic) bond motifs is 1. The van der Waals surface area contributed by atoms with Crippen molar-refractivity contribution in [2.24, 2.45) is 0 Å². The van der Waals surface area contributed by atoms with Crippen molar-refractivity contribution in [1.82, 2.24) is 10.6 Å². The van der Waals surface area contributed by atoms with E-state index in [9.17, 15) is 4.79 Å². The van der Waals surface area contributed by atoms with Gasteiger partial charge in [-0.1, -0.05) is 23.7 Å². The van der Waals surface area contributed by atoms with E-state index < -0.39 is 0 Å². The Balaban J connectivity index is 1.56. The van der Waals surface area contributed by atoms with Crippen LogP contribution in [0.2, 0.25) is 5.02 Å². The Morgan fingerprint density at radius 1 is 1.04 bits per heavy atom. The summed E-state index contributed by atoms with van der Waals surface area (Å²) in [7, 11) is 0. The smallest absolute Gasteiger partial charge is 0.315 e. The van der Waals surface area contributed by atoms with E-state index in [1.54, 1.807) is 0 Å². The summed E-state index contributed by atoms with van der Waals surface area (Å²) in [4.78, 5) is 14.0. The van der Waals surface area contributed by atoms with Gasteiger partial charge in [-0.25, -0.2) is 4.79 Å². The number of benzene rings is 1. The van der Waals surface area contributed by atoms with Crippen molar-refractivity contribution in [3.05, 3.63) is 28.8 Å². The van der Waals surface area contributed by atoms with Crippen LogP contribution >= 0.6 is 11.6 Å². The largest absolute Gasteiger partial charge is 0.370 e. The van der Waals surface area contributed by atoms with Gasteiger partial charge in [-0.3, -0.25) is 0 Å². The number of carbonyl (C=O) groups excluding carboxylic acids is 1. The average Bonchev–Trinajstić information content (AvgIpc) is 2.95. The molecule has 2 heterocycles. The lowest BCUT2D eigenvalue weighted by Crippen LogP contribution is -2.39. The second-order valence-electron chi connectivity index (χ2n) is 7.07. The van der Waals surface area contributed by atoms with Gasteiger partial charge in [0.25, 0.3) is 0 Å². The molecule has 2 saturated heterocycles. The Kier molecular flexibility index (Phi) is 4.10. The van der Waals surface area contributed by atoms with E-state index >= 15 is 0 Å². The van der Waals surface area contributed by atoms with Crippen LogP contribution in [-0.2, 0) is 0 Å². The van der Waals surface area contributed by atoms with Crippen LogP contribution in [-0.4, -0.2) is 31.2 Å². The predicted octanol–water partition coefficient (Wildman–Crippen LogP) is 3.65. The lowest BCUT2D eigenvalue weighted by molar-refractivity contribution is 0.247. The molecule has 5 heteroatoms. The van der Waals surface area contributed by atoms with Gasteiger partial charge in [0.2, 0.25) is 0 Å². The molecule has 0 radical (unpaired) electrons. The van der Waals surface area contributed by atoms with Crippen molar-refractivity contribution in [3.8, 4) is 0 Å². The first-order valence-electron chi connectivity index (χ1n) is 8.83. The molecule has 4 rings (SSSR count). The van der Waals surface area contributed by atoms with E-state index in [1.165, 1.54) is 30.5 Å². The van der Waals surface area contributed by atoms with Crippen LogP contribution in [0.4, 0.5) is 10.5 Å². The molecule has 2 amide bonds. The van der Waals surface area contributed by atoms with E-state index in [2.05, 4.69) is 33.7 Å². The fraction of sp³-hybridized carbons (Fsp3) is 0.611. The lowest BCUT2D eigenvalue weighted by Gasteiger charge is -2.34. The maximum absolute atomic E-state index is 11.5. The standard InChI is InChI=1S/C18H24ClN3O/c19-17-13(5-4-6-16(17)22-9-2-1-3-10-22)12-7-8-14-15(11-12)21-18(23)20-14/h4-6,12,14-15H,1-3,7-11H2,(H2,20,21,23). The number of urea groups is 1. The fourth-order valence-electron chi connectivity index (χ4n) is 4.40. The highest BCUT2D eigenvalue weighted by molar-refractivity contribution is 6.34. The molecule has 3 fully saturated rings. The van der Waals surface area contributed by atoms with Crippen molar-refractivity contribution >= 4 is 23.3 Å². The minimum Gasteiger partial charge on any atom is -0.370 e. The van der Waals surface area contributed by atoms with Gasteiger partial charge < -0.3 is 15.5 Å². The second-order valence-corrected chi connectivity index (χ2v) is 7.45. The SMILES string of the molecule is O=C1NC2CCC(c3cccc(N4CCCCC4)c3Cl)CC2N1.